The van der Waals surface area contributed by atoms with Gasteiger partial charge >= 0.3 is 6.18 Å². The van der Waals surface area contributed by atoms with E-state index in [4.69, 9.17) is 4.99 Å². The van der Waals surface area contributed by atoms with Crippen LogP contribution in [-0.2, 0) is 6.18 Å². The number of amides is 1. The Labute approximate surface area is 219 Å². The number of aliphatic imine (C=N–C) groups is 1. The Kier molecular flexibility index (Phi) is 8.02. The van der Waals surface area contributed by atoms with Gasteiger partial charge in [0.2, 0.25) is 5.43 Å². The van der Waals surface area contributed by atoms with Crippen LogP contribution in [0.5, 0.6) is 0 Å². The molecule has 1 fully saturated rings. The number of alkyl halides is 3. The van der Waals surface area contributed by atoms with E-state index in [2.05, 4.69) is 29.1 Å². The Morgan fingerprint density at radius 2 is 1.92 bits per heavy atom. The normalized spacial score (nSPS) is 15.8. The number of nitrogens with one attached hydrogen (secondary N) is 2. The smallest absolute Gasteiger partial charge is 0.360 e. The number of hydrogen-bond donors (Lipinski definition) is 2. The molecule has 1 amide bonds. The first-order valence-corrected chi connectivity index (χ1v) is 12.4. The van der Waals surface area contributed by atoms with Crippen molar-refractivity contribution in [3.63, 3.8) is 0 Å². The van der Waals surface area contributed by atoms with Crippen LogP contribution in [-0.4, -0.2) is 42.1 Å². The summed E-state index contributed by atoms with van der Waals surface area (Å²) in [5.41, 5.74) is 0.140. The molecule has 1 heterocycles. The molecule has 198 valence electrons. The molecule has 6 nitrogen and oxygen atoms in total. The molecule has 3 aromatic rings. The number of pyridine rings is 1. The molecule has 2 N–H and O–H groups in total. The second kappa shape index (κ2) is 11.2. The van der Waals surface area contributed by atoms with E-state index in [-0.39, 0.29) is 5.52 Å². The van der Waals surface area contributed by atoms with E-state index in [0.29, 0.717) is 29.4 Å². The third kappa shape index (κ3) is 6.32. The highest BCUT2D eigenvalue weighted by Gasteiger charge is 2.34. The van der Waals surface area contributed by atoms with Crippen LogP contribution in [0.2, 0.25) is 0 Å². The highest BCUT2D eigenvalue weighted by atomic mass is 19.4. The van der Waals surface area contributed by atoms with Crippen LogP contribution in [0.1, 0.15) is 54.1 Å². The first-order valence-electron chi connectivity index (χ1n) is 12.4. The first kappa shape index (κ1) is 27.1. The Morgan fingerprint density at radius 3 is 2.61 bits per heavy atom. The van der Waals surface area contributed by atoms with Crippen molar-refractivity contribution in [2.24, 2.45) is 10.9 Å². The second-order valence-corrected chi connectivity index (χ2v) is 9.84. The highest BCUT2D eigenvalue weighted by Crippen LogP contribution is 2.33. The summed E-state index contributed by atoms with van der Waals surface area (Å²) in [7, 11) is 3.76. The first-order chi connectivity index (χ1) is 18.0. The van der Waals surface area contributed by atoms with Crippen LogP contribution in [0.3, 0.4) is 0 Å². The van der Waals surface area contributed by atoms with Gasteiger partial charge < -0.3 is 10.3 Å². The molecule has 0 saturated heterocycles. The van der Waals surface area contributed by atoms with Crippen molar-refractivity contribution < 1.29 is 18.0 Å². The predicted molar refractivity (Wildman–Crippen MR) is 144 cm³/mol. The summed E-state index contributed by atoms with van der Waals surface area (Å²) >= 11 is 0. The minimum absolute atomic E-state index is 0.00260. The van der Waals surface area contributed by atoms with Crippen molar-refractivity contribution >= 4 is 33.9 Å². The van der Waals surface area contributed by atoms with Gasteiger partial charge in [-0.2, -0.15) is 13.2 Å². The molecule has 1 saturated carbocycles. The predicted octanol–water partition coefficient (Wildman–Crippen LogP) is 5.99. The number of rotatable bonds is 4. The number of H-pyrrole nitrogens is 1. The molecule has 38 heavy (non-hydrogen) atoms. The number of halogens is 3. The number of carbonyl (C=O) groups is 1. The van der Waals surface area contributed by atoms with E-state index in [1.54, 1.807) is 18.2 Å². The lowest BCUT2D eigenvalue weighted by Crippen LogP contribution is -2.24. The van der Waals surface area contributed by atoms with Gasteiger partial charge in [0.25, 0.3) is 5.91 Å². The van der Waals surface area contributed by atoms with Crippen molar-refractivity contribution in [1.82, 2.24) is 9.88 Å². The summed E-state index contributed by atoms with van der Waals surface area (Å²) in [6.45, 7) is 2.71. The van der Waals surface area contributed by atoms with Crippen molar-refractivity contribution in [2.75, 3.05) is 26.0 Å². The standard InChI is InChI=1S/C29H29F3N4O2/c1-18-9-11-20(12-10-18)34-21-13-14-24(19(16-21)6-5-15-36(2)3)35-28(38)22-17-33-25-8-4-7-23(29(30,31)32)26(25)27(22)37/h4,7-8,13-14,16-18H,9-12,15H2,1-3H3,(H,33,37)(H,35,38). The van der Waals surface area contributed by atoms with Gasteiger partial charge in [-0.1, -0.05) is 24.8 Å². The molecular weight excluding hydrogens is 493 g/mol. The monoisotopic (exact) mass is 522 g/mol. The number of aromatic amines is 1. The highest BCUT2D eigenvalue weighted by molar-refractivity contribution is 6.06. The van der Waals surface area contributed by atoms with E-state index in [1.807, 2.05) is 19.0 Å². The Bertz CT molecular complexity index is 1500. The van der Waals surface area contributed by atoms with Gasteiger partial charge in [0.1, 0.15) is 5.56 Å². The topological polar surface area (TPSA) is 77.6 Å². The number of carbonyl (C=O) groups excluding carboxylic acids is 1. The minimum Gasteiger partial charge on any atom is -0.360 e. The lowest BCUT2D eigenvalue weighted by atomic mass is 9.89. The summed E-state index contributed by atoms with van der Waals surface area (Å²) < 4.78 is 40.6. The molecule has 0 atom stereocenters. The van der Waals surface area contributed by atoms with Crippen molar-refractivity contribution in [3.05, 3.63) is 69.5 Å². The third-order valence-corrected chi connectivity index (χ3v) is 6.47. The molecule has 0 unspecified atom stereocenters. The van der Waals surface area contributed by atoms with E-state index in [9.17, 15) is 22.8 Å². The van der Waals surface area contributed by atoms with Gasteiger partial charge in [0.15, 0.2) is 0 Å². The van der Waals surface area contributed by atoms with Crippen molar-refractivity contribution in [1.29, 1.82) is 0 Å². The van der Waals surface area contributed by atoms with Crippen molar-refractivity contribution in [2.45, 2.75) is 38.8 Å². The quantitative estimate of drug-likeness (QED) is 0.413. The minimum atomic E-state index is -4.75. The lowest BCUT2D eigenvalue weighted by Gasteiger charge is -2.19. The molecular formula is C29H29F3N4O2. The maximum Gasteiger partial charge on any atom is 0.417 e. The largest absolute Gasteiger partial charge is 0.417 e. The number of aromatic nitrogens is 1. The van der Waals surface area contributed by atoms with E-state index < -0.39 is 34.0 Å². The van der Waals surface area contributed by atoms with Crippen LogP contribution >= 0.6 is 0 Å². The molecule has 1 aliphatic carbocycles. The average molecular weight is 523 g/mol. The summed E-state index contributed by atoms with van der Waals surface area (Å²) in [6.07, 6.45) is 0.446. The maximum absolute atomic E-state index is 13.5. The number of fused-ring (bicyclic) bond motifs is 1. The maximum atomic E-state index is 13.5. The fraction of sp³-hybridized carbons (Fsp3) is 0.345. The van der Waals surface area contributed by atoms with Gasteiger partial charge in [0, 0.05) is 17.4 Å². The van der Waals surface area contributed by atoms with E-state index in [1.165, 1.54) is 12.1 Å². The molecule has 2 aromatic carbocycles. The van der Waals surface area contributed by atoms with Gasteiger partial charge in [-0.15, -0.1) is 0 Å². The van der Waals surface area contributed by atoms with Crippen LogP contribution in [0, 0.1) is 17.8 Å². The van der Waals surface area contributed by atoms with Crippen LogP contribution in [0.4, 0.5) is 24.5 Å². The molecule has 0 spiro atoms. The van der Waals surface area contributed by atoms with Gasteiger partial charge in [-0.3, -0.25) is 19.5 Å². The summed E-state index contributed by atoms with van der Waals surface area (Å²) in [6, 6.07) is 8.57. The Hall–Kier alpha value is -3.90. The number of nitrogens with zero attached hydrogens (tertiary/aromatic N) is 2. The van der Waals surface area contributed by atoms with E-state index >= 15 is 0 Å². The molecule has 1 aliphatic rings. The zero-order valence-corrected chi connectivity index (χ0v) is 21.5. The second-order valence-electron chi connectivity index (χ2n) is 9.84. The van der Waals surface area contributed by atoms with Crippen LogP contribution in [0.15, 0.2) is 52.4 Å². The fourth-order valence-corrected chi connectivity index (χ4v) is 4.36. The Balaban J connectivity index is 1.69. The van der Waals surface area contributed by atoms with Crippen LogP contribution < -0.4 is 10.7 Å². The number of hydrogen-bond acceptors (Lipinski definition) is 4. The molecule has 9 heteroatoms. The summed E-state index contributed by atoms with van der Waals surface area (Å²) in [4.78, 5) is 35.5. The number of benzene rings is 2. The van der Waals surface area contributed by atoms with Gasteiger partial charge in [0.05, 0.1) is 34.4 Å². The molecule has 1 aromatic heterocycles. The van der Waals surface area contributed by atoms with Gasteiger partial charge in [-0.05, 0) is 76.0 Å². The summed E-state index contributed by atoms with van der Waals surface area (Å²) in [5, 5.41) is 2.08. The van der Waals surface area contributed by atoms with Gasteiger partial charge in [-0.25, -0.2) is 0 Å². The zero-order valence-electron chi connectivity index (χ0n) is 21.5. The third-order valence-electron chi connectivity index (χ3n) is 6.47. The SMILES string of the molecule is CC1CCC(=Nc2ccc(NC(=O)c3c[nH]c4cccc(C(F)(F)F)c4c3=O)c(C#CCN(C)C)c2)CC1. The molecule has 0 aliphatic heterocycles. The molecule has 0 bridgehead atoms. The van der Waals surface area contributed by atoms with E-state index in [0.717, 1.165) is 43.7 Å². The van der Waals surface area contributed by atoms with Crippen LogP contribution in [0.25, 0.3) is 10.9 Å². The Morgan fingerprint density at radius 1 is 1.18 bits per heavy atom. The molecule has 4 rings (SSSR count). The molecule has 0 radical (unpaired) electrons. The summed E-state index contributed by atoms with van der Waals surface area (Å²) in [5.74, 6) is 5.94. The average Bonchev–Trinajstić information content (AvgIpc) is 2.86. The zero-order chi connectivity index (χ0) is 27.4. The number of anilines is 1. The van der Waals surface area contributed by atoms with Crippen molar-refractivity contribution in [3.8, 4) is 11.8 Å². The fourth-order valence-electron chi connectivity index (χ4n) is 4.36. The lowest BCUT2D eigenvalue weighted by molar-refractivity contribution is -0.136.